The minimum absolute atomic E-state index is 0.00609. The first-order valence-corrected chi connectivity index (χ1v) is 9.69. The minimum Gasteiger partial charge on any atom is -0.509 e. The second-order valence-corrected chi connectivity index (χ2v) is 7.57. The summed E-state index contributed by atoms with van der Waals surface area (Å²) in [6, 6.07) is 14.5. The number of rotatable bonds is 6. The maximum absolute atomic E-state index is 12.9. The van der Waals surface area contributed by atoms with Gasteiger partial charge in [0.15, 0.2) is 0 Å². The Kier molecular flexibility index (Phi) is 5.92. The van der Waals surface area contributed by atoms with Crippen LogP contribution in [0.3, 0.4) is 0 Å². The van der Waals surface area contributed by atoms with Gasteiger partial charge in [-0.25, -0.2) is 0 Å². The standard InChI is InChI=1S/C23H26N2O4/c1-14(2)18-10-5-6-11-19(18)24-22(27)21-20(26)13-25(23(21)28)16-8-7-9-17(12-16)29-15(3)4/h5-12,14-15,26H,13H2,1-4H3,(H,24,27). The zero-order chi connectivity index (χ0) is 21.1. The lowest BCUT2D eigenvalue weighted by atomic mass is 10.0. The summed E-state index contributed by atoms with van der Waals surface area (Å²) in [5.74, 6) is -0.576. The minimum atomic E-state index is -0.613. The van der Waals surface area contributed by atoms with E-state index >= 15 is 0 Å². The van der Waals surface area contributed by atoms with Crippen LogP contribution in [0.5, 0.6) is 5.75 Å². The third-order valence-electron chi connectivity index (χ3n) is 4.61. The summed E-state index contributed by atoms with van der Waals surface area (Å²) in [5.41, 5.74) is 1.91. The maximum atomic E-state index is 12.9. The second-order valence-electron chi connectivity index (χ2n) is 7.57. The van der Waals surface area contributed by atoms with E-state index in [-0.39, 0.29) is 29.9 Å². The number of para-hydroxylation sites is 1. The first-order valence-electron chi connectivity index (χ1n) is 9.69. The van der Waals surface area contributed by atoms with Gasteiger partial charge >= 0.3 is 0 Å². The molecule has 0 aromatic heterocycles. The maximum Gasteiger partial charge on any atom is 0.267 e. The molecule has 1 aliphatic rings. The number of benzene rings is 2. The molecule has 3 rings (SSSR count). The van der Waals surface area contributed by atoms with Crippen LogP contribution in [0.2, 0.25) is 0 Å². The number of aliphatic hydroxyl groups excluding tert-OH is 1. The average Bonchev–Trinajstić information content (AvgIpc) is 2.96. The quantitative estimate of drug-likeness (QED) is 0.712. The van der Waals surface area contributed by atoms with Crippen molar-refractivity contribution in [1.29, 1.82) is 0 Å². The van der Waals surface area contributed by atoms with Crippen molar-refractivity contribution in [2.45, 2.75) is 39.7 Å². The molecular weight excluding hydrogens is 368 g/mol. The molecule has 0 spiro atoms. The van der Waals surface area contributed by atoms with Gasteiger partial charge in [-0.3, -0.25) is 9.59 Å². The lowest BCUT2D eigenvalue weighted by Crippen LogP contribution is -2.30. The van der Waals surface area contributed by atoms with Gasteiger partial charge < -0.3 is 20.1 Å². The fraction of sp³-hybridized carbons (Fsp3) is 0.304. The van der Waals surface area contributed by atoms with Crippen LogP contribution in [0.4, 0.5) is 11.4 Å². The average molecular weight is 394 g/mol. The first-order chi connectivity index (χ1) is 13.8. The van der Waals surface area contributed by atoms with Crippen molar-refractivity contribution in [1.82, 2.24) is 0 Å². The Morgan fingerprint density at radius 3 is 2.52 bits per heavy atom. The molecule has 1 heterocycles. The van der Waals surface area contributed by atoms with Gasteiger partial charge in [0.2, 0.25) is 0 Å². The van der Waals surface area contributed by atoms with Gasteiger partial charge in [-0.05, 0) is 43.5 Å². The largest absolute Gasteiger partial charge is 0.509 e. The zero-order valence-corrected chi connectivity index (χ0v) is 17.1. The lowest BCUT2D eigenvalue weighted by molar-refractivity contribution is -0.119. The monoisotopic (exact) mass is 394 g/mol. The molecule has 2 N–H and O–H groups in total. The number of ether oxygens (including phenoxy) is 1. The van der Waals surface area contributed by atoms with Crippen molar-refractivity contribution < 1.29 is 19.4 Å². The fourth-order valence-corrected chi connectivity index (χ4v) is 3.29. The van der Waals surface area contributed by atoms with Crippen molar-refractivity contribution in [3.05, 3.63) is 65.4 Å². The highest BCUT2D eigenvalue weighted by Gasteiger charge is 2.36. The third-order valence-corrected chi connectivity index (χ3v) is 4.61. The van der Waals surface area contributed by atoms with Gasteiger partial charge in [-0.2, -0.15) is 0 Å². The zero-order valence-electron chi connectivity index (χ0n) is 17.1. The highest BCUT2D eigenvalue weighted by molar-refractivity contribution is 6.29. The smallest absolute Gasteiger partial charge is 0.267 e. The van der Waals surface area contributed by atoms with E-state index in [4.69, 9.17) is 4.74 Å². The van der Waals surface area contributed by atoms with Crippen LogP contribution in [-0.4, -0.2) is 29.6 Å². The van der Waals surface area contributed by atoms with E-state index in [1.165, 1.54) is 4.90 Å². The molecule has 0 saturated carbocycles. The number of aliphatic hydroxyl groups is 1. The number of hydrogen-bond donors (Lipinski definition) is 2. The van der Waals surface area contributed by atoms with Crippen molar-refractivity contribution in [3.8, 4) is 5.75 Å². The number of amides is 2. The van der Waals surface area contributed by atoms with E-state index in [1.807, 2.05) is 45.9 Å². The summed E-state index contributed by atoms with van der Waals surface area (Å²) in [6.45, 7) is 7.82. The Labute approximate surface area is 170 Å². The predicted octanol–water partition coefficient (Wildman–Crippen LogP) is 4.39. The molecule has 0 aliphatic carbocycles. The van der Waals surface area contributed by atoms with Gasteiger partial charge in [0.1, 0.15) is 17.1 Å². The molecule has 2 aromatic rings. The van der Waals surface area contributed by atoms with Crippen LogP contribution < -0.4 is 15.0 Å². The Bertz CT molecular complexity index is 963. The molecule has 152 valence electrons. The lowest BCUT2D eigenvalue weighted by Gasteiger charge is -2.18. The van der Waals surface area contributed by atoms with Crippen LogP contribution in [0.25, 0.3) is 0 Å². The summed E-state index contributed by atoms with van der Waals surface area (Å²) in [5, 5.41) is 13.1. The third kappa shape index (κ3) is 4.42. The Hall–Kier alpha value is -3.28. The van der Waals surface area contributed by atoms with Crippen LogP contribution in [0.15, 0.2) is 59.9 Å². The van der Waals surface area contributed by atoms with E-state index < -0.39 is 11.8 Å². The number of hydrogen-bond acceptors (Lipinski definition) is 4. The van der Waals surface area contributed by atoms with Crippen LogP contribution >= 0.6 is 0 Å². The number of anilines is 2. The molecule has 2 amide bonds. The van der Waals surface area contributed by atoms with E-state index in [0.717, 1.165) is 5.56 Å². The van der Waals surface area contributed by atoms with Crippen molar-refractivity contribution in [3.63, 3.8) is 0 Å². The molecule has 0 atom stereocenters. The normalized spacial score (nSPS) is 14.1. The Balaban J connectivity index is 1.81. The van der Waals surface area contributed by atoms with Gasteiger partial charge in [0.05, 0.1) is 12.6 Å². The second kappa shape index (κ2) is 8.39. The number of nitrogens with one attached hydrogen (secondary N) is 1. The molecule has 0 fully saturated rings. The Morgan fingerprint density at radius 1 is 1.10 bits per heavy atom. The molecule has 6 nitrogen and oxygen atoms in total. The van der Waals surface area contributed by atoms with Crippen LogP contribution in [0.1, 0.15) is 39.2 Å². The summed E-state index contributed by atoms with van der Waals surface area (Å²) in [7, 11) is 0. The number of nitrogens with zero attached hydrogens (tertiary/aromatic N) is 1. The molecule has 2 aromatic carbocycles. The van der Waals surface area contributed by atoms with Crippen molar-refractivity contribution >= 4 is 23.2 Å². The molecule has 0 bridgehead atoms. The van der Waals surface area contributed by atoms with E-state index in [2.05, 4.69) is 5.32 Å². The molecule has 29 heavy (non-hydrogen) atoms. The molecule has 0 saturated heterocycles. The highest BCUT2D eigenvalue weighted by atomic mass is 16.5. The first kappa shape index (κ1) is 20.5. The molecule has 6 heteroatoms. The summed E-state index contributed by atoms with van der Waals surface area (Å²) in [4.78, 5) is 27.1. The fourth-order valence-electron chi connectivity index (χ4n) is 3.29. The number of carbonyl (C=O) groups excluding carboxylic acids is 2. The van der Waals surface area contributed by atoms with Gasteiger partial charge in [0, 0.05) is 17.4 Å². The summed E-state index contributed by atoms with van der Waals surface area (Å²) >= 11 is 0. The molecule has 0 radical (unpaired) electrons. The van der Waals surface area contributed by atoms with Crippen molar-refractivity contribution in [2.75, 3.05) is 16.8 Å². The van der Waals surface area contributed by atoms with E-state index in [9.17, 15) is 14.7 Å². The number of carbonyl (C=O) groups is 2. The molecule has 1 aliphatic heterocycles. The van der Waals surface area contributed by atoms with Gasteiger partial charge in [-0.15, -0.1) is 0 Å². The van der Waals surface area contributed by atoms with Crippen LogP contribution in [0, 0.1) is 0 Å². The Morgan fingerprint density at radius 2 is 1.83 bits per heavy atom. The SMILES string of the molecule is CC(C)Oc1cccc(N2CC(O)=C(C(=O)Nc3ccccc3C(C)C)C2=O)c1. The molecular formula is C23H26N2O4. The predicted molar refractivity (Wildman–Crippen MR) is 113 cm³/mol. The van der Waals surface area contributed by atoms with E-state index in [1.54, 1.807) is 30.3 Å². The van der Waals surface area contributed by atoms with Gasteiger partial charge in [0.25, 0.3) is 11.8 Å². The van der Waals surface area contributed by atoms with Crippen molar-refractivity contribution in [2.24, 2.45) is 0 Å². The van der Waals surface area contributed by atoms with E-state index in [0.29, 0.717) is 17.1 Å². The highest BCUT2D eigenvalue weighted by Crippen LogP contribution is 2.30. The molecule has 0 unspecified atom stereocenters. The summed E-state index contributed by atoms with van der Waals surface area (Å²) in [6.07, 6.45) is -0.00609. The van der Waals surface area contributed by atoms with Gasteiger partial charge in [-0.1, -0.05) is 38.1 Å². The topological polar surface area (TPSA) is 78.9 Å². The van der Waals surface area contributed by atoms with Crippen LogP contribution in [-0.2, 0) is 9.59 Å². The summed E-state index contributed by atoms with van der Waals surface area (Å²) < 4.78 is 5.67.